The normalized spacial score (nSPS) is 32.9. The molecule has 1 aliphatic heterocycles. The minimum atomic E-state index is -0.298. The van der Waals surface area contributed by atoms with Crippen molar-refractivity contribution in [2.75, 3.05) is 13.6 Å². The summed E-state index contributed by atoms with van der Waals surface area (Å²) in [5.41, 5.74) is 0.227. The number of hydrogen-bond acceptors (Lipinski definition) is 4. The molecule has 0 saturated carbocycles. The van der Waals surface area contributed by atoms with Crippen LogP contribution < -0.4 is 0 Å². The fourth-order valence-corrected chi connectivity index (χ4v) is 4.18. The SMILES string of the molecule is C[C@@H]1C2C=CCC[C@@]2(c2c(O)ccc(O)c2O)CCN1C. The first-order chi connectivity index (χ1) is 9.97. The molecule has 0 amide bonds. The Morgan fingerprint density at radius 2 is 1.86 bits per heavy atom. The number of phenolic OH excluding ortho intramolecular Hbond substituents is 3. The van der Waals surface area contributed by atoms with Crippen molar-refractivity contribution in [1.82, 2.24) is 4.90 Å². The van der Waals surface area contributed by atoms with Crippen LogP contribution >= 0.6 is 0 Å². The Hall–Kier alpha value is -1.68. The van der Waals surface area contributed by atoms with Crippen LogP contribution in [0.4, 0.5) is 0 Å². The smallest absolute Gasteiger partial charge is 0.165 e. The van der Waals surface area contributed by atoms with Gasteiger partial charge in [0.2, 0.25) is 0 Å². The first kappa shape index (κ1) is 14.3. The predicted molar refractivity (Wildman–Crippen MR) is 81.7 cm³/mol. The average Bonchev–Trinajstić information content (AvgIpc) is 2.48. The van der Waals surface area contributed by atoms with E-state index in [0.29, 0.717) is 11.6 Å². The zero-order chi connectivity index (χ0) is 15.2. The van der Waals surface area contributed by atoms with Gasteiger partial charge in [-0.1, -0.05) is 12.2 Å². The third-order valence-electron chi connectivity index (χ3n) is 5.50. The lowest BCUT2D eigenvalue weighted by Gasteiger charge is -2.52. The Labute approximate surface area is 125 Å². The molecule has 1 heterocycles. The van der Waals surface area contributed by atoms with Crippen molar-refractivity contribution in [1.29, 1.82) is 0 Å². The van der Waals surface area contributed by atoms with Gasteiger partial charge in [-0.3, -0.25) is 0 Å². The number of hydrogen-bond donors (Lipinski definition) is 3. The zero-order valence-corrected chi connectivity index (χ0v) is 12.6. The van der Waals surface area contributed by atoms with E-state index in [1.807, 2.05) is 0 Å². The molecular weight excluding hydrogens is 266 g/mol. The quantitative estimate of drug-likeness (QED) is 0.422. The molecule has 0 bridgehead atoms. The van der Waals surface area contributed by atoms with Gasteiger partial charge in [-0.25, -0.2) is 0 Å². The van der Waals surface area contributed by atoms with E-state index in [0.717, 1.165) is 25.8 Å². The number of piperidine rings is 1. The van der Waals surface area contributed by atoms with E-state index in [1.165, 1.54) is 12.1 Å². The van der Waals surface area contributed by atoms with E-state index in [2.05, 4.69) is 31.0 Å². The summed E-state index contributed by atoms with van der Waals surface area (Å²) >= 11 is 0. The predicted octanol–water partition coefficient (Wildman–Crippen LogP) is 2.73. The number of nitrogens with zero attached hydrogens (tertiary/aromatic N) is 1. The first-order valence-electron chi connectivity index (χ1n) is 7.58. The summed E-state index contributed by atoms with van der Waals surface area (Å²) in [5.74, 6) is -0.00457. The summed E-state index contributed by atoms with van der Waals surface area (Å²) in [6.07, 6.45) is 7.09. The van der Waals surface area contributed by atoms with Gasteiger partial charge in [0.15, 0.2) is 11.5 Å². The van der Waals surface area contributed by atoms with E-state index in [4.69, 9.17) is 0 Å². The van der Waals surface area contributed by atoms with Crippen LogP contribution in [-0.2, 0) is 5.41 Å². The fourth-order valence-electron chi connectivity index (χ4n) is 4.18. The topological polar surface area (TPSA) is 63.9 Å². The third kappa shape index (κ3) is 2.01. The van der Waals surface area contributed by atoms with E-state index in [-0.39, 0.29) is 28.6 Å². The lowest BCUT2D eigenvalue weighted by Crippen LogP contribution is -2.54. The summed E-state index contributed by atoms with van der Waals surface area (Å²) in [7, 11) is 2.11. The Balaban J connectivity index is 2.19. The molecule has 0 aromatic heterocycles. The van der Waals surface area contributed by atoms with Crippen LogP contribution in [0.15, 0.2) is 24.3 Å². The van der Waals surface area contributed by atoms with Crippen LogP contribution in [0, 0.1) is 5.92 Å². The molecule has 4 nitrogen and oxygen atoms in total. The summed E-state index contributed by atoms with van der Waals surface area (Å²) in [6.45, 7) is 3.10. The van der Waals surface area contributed by atoms with Gasteiger partial charge in [-0.05, 0) is 51.9 Å². The summed E-state index contributed by atoms with van der Waals surface area (Å²) in [4.78, 5) is 2.31. The van der Waals surface area contributed by atoms with Gasteiger partial charge in [0, 0.05) is 22.9 Å². The van der Waals surface area contributed by atoms with Crippen LogP contribution in [0.5, 0.6) is 17.2 Å². The first-order valence-corrected chi connectivity index (χ1v) is 7.58. The van der Waals surface area contributed by atoms with Crippen LogP contribution in [0.3, 0.4) is 0 Å². The van der Waals surface area contributed by atoms with Gasteiger partial charge >= 0.3 is 0 Å². The highest BCUT2D eigenvalue weighted by atomic mass is 16.3. The van der Waals surface area contributed by atoms with Gasteiger partial charge in [0.25, 0.3) is 0 Å². The second kappa shape index (κ2) is 4.95. The van der Waals surface area contributed by atoms with E-state index in [1.54, 1.807) is 0 Å². The van der Waals surface area contributed by atoms with Crippen LogP contribution in [-0.4, -0.2) is 39.9 Å². The Morgan fingerprint density at radius 1 is 1.14 bits per heavy atom. The molecule has 2 aliphatic rings. The number of phenols is 3. The molecule has 0 spiro atoms. The highest BCUT2D eigenvalue weighted by Gasteiger charge is 2.49. The molecule has 114 valence electrons. The molecule has 1 fully saturated rings. The van der Waals surface area contributed by atoms with Crippen LogP contribution in [0.25, 0.3) is 0 Å². The summed E-state index contributed by atoms with van der Waals surface area (Å²) in [6, 6.07) is 3.16. The Kier molecular flexibility index (Phi) is 3.36. The van der Waals surface area contributed by atoms with Crippen molar-refractivity contribution < 1.29 is 15.3 Å². The number of aromatic hydroxyl groups is 3. The molecule has 1 aliphatic carbocycles. The van der Waals surface area contributed by atoms with E-state index < -0.39 is 0 Å². The standard InChI is InChI=1S/C17H23NO3/c1-11-12-5-3-4-8-17(12,9-10-18(11)2)15-13(19)6-7-14(20)16(15)21/h3,5-7,11-12,19-21H,4,8-10H2,1-2H3/t11-,12?,17-/m1/s1. The number of benzene rings is 1. The maximum atomic E-state index is 10.4. The molecule has 4 heteroatoms. The van der Waals surface area contributed by atoms with Gasteiger partial charge in [-0.2, -0.15) is 0 Å². The average molecular weight is 289 g/mol. The lowest BCUT2D eigenvalue weighted by atomic mass is 9.58. The second-order valence-electron chi connectivity index (χ2n) is 6.45. The molecule has 1 aromatic rings. The Bertz CT molecular complexity index is 584. The number of allylic oxidation sites excluding steroid dienone is 1. The summed E-state index contributed by atoms with van der Waals surface area (Å²) < 4.78 is 0. The van der Waals surface area contributed by atoms with Crippen molar-refractivity contribution in [3.8, 4) is 17.2 Å². The van der Waals surface area contributed by atoms with Crippen molar-refractivity contribution in [2.24, 2.45) is 5.92 Å². The second-order valence-corrected chi connectivity index (χ2v) is 6.45. The molecule has 3 N–H and O–H groups in total. The molecule has 0 radical (unpaired) electrons. The van der Waals surface area contributed by atoms with E-state index in [9.17, 15) is 15.3 Å². The van der Waals surface area contributed by atoms with Crippen LogP contribution in [0.1, 0.15) is 31.7 Å². The number of rotatable bonds is 1. The molecule has 1 saturated heterocycles. The van der Waals surface area contributed by atoms with Crippen molar-refractivity contribution in [2.45, 2.75) is 37.6 Å². The minimum Gasteiger partial charge on any atom is -0.508 e. The highest BCUT2D eigenvalue weighted by molar-refractivity contribution is 5.56. The van der Waals surface area contributed by atoms with Gasteiger partial charge in [0.05, 0.1) is 0 Å². The Morgan fingerprint density at radius 3 is 2.62 bits per heavy atom. The maximum absolute atomic E-state index is 10.4. The zero-order valence-electron chi connectivity index (χ0n) is 12.6. The largest absolute Gasteiger partial charge is 0.508 e. The van der Waals surface area contributed by atoms with Crippen molar-refractivity contribution in [3.63, 3.8) is 0 Å². The molecule has 3 rings (SSSR count). The lowest BCUT2D eigenvalue weighted by molar-refractivity contribution is 0.0673. The van der Waals surface area contributed by atoms with Gasteiger partial charge in [0.1, 0.15) is 5.75 Å². The summed E-state index contributed by atoms with van der Waals surface area (Å²) in [5, 5.41) is 30.6. The van der Waals surface area contributed by atoms with E-state index >= 15 is 0 Å². The van der Waals surface area contributed by atoms with Crippen molar-refractivity contribution in [3.05, 3.63) is 29.8 Å². The minimum absolute atomic E-state index is 0.0855. The third-order valence-corrected chi connectivity index (χ3v) is 5.50. The number of fused-ring (bicyclic) bond motifs is 1. The molecule has 3 atom stereocenters. The molecular formula is C17H23NO3. The molecule has 21 heavy (non-hydrogen) atoms. The monoisotopic (exact) mass is 289 g/mol. The fraction of sp³-hybridized carbons (Fsp3) is 0.529. The molecule has 1 unspecified atom stereocenters. The van der Waals surface area contributed by atoms with Gasteiger partial charge < -0.3 is 20.2 Å². The molecule has 1 aromatic carbocycles. The maximum Gasteiger partial charge on any atom is 0.165 e. The van der Waals surface area contributed by atoms with Crippen LogP contribution in [0.2, 0.25) is 0 Å². The van der Waals surface area contributed by atoms with Crippen molar-refractivity contribution >= 4 is 0 Å². The van der Waals surface area contributed by atoms with Gasteiger partial charge in [-0.15, -0.1) is 0 Å². The highest BCUT2D eigenvalue weighted by Crippen LogP contribution is 2.55. The number of likely N-dealkylation sites (tertiary alicyclic amines) is 1.